The third kappa shape index (κ3) is 2.88. The number of nitrogens with two attached hydrogens (primary N) is 1. The second-order valence-corrected chi connectivity index (χ2v) is 4.84. The molecule has 5 nitrogen and oxygen atoms in total. The van der Waals surface area contributed by atoms with E-state index >= 15 is 0 Å². The van der Waals surface area contributed by atoms with E-state index in [0.717, 1.165) is 0 Å². The van der Waals surface area contributed by atoms with Gasteiger partial charge in [0.15, 0.2) is 0 Å². The maximum atomic E-state index is 12.6. The third-order valence-electron chi connectivity index (χ3n) is 3.51. The number of benzene rings is 1. The van der Waals surface area contributed by atoms with Gasteiger partial charge in [0.25, 0.3) is 0 Å². The predicted molar refractivity (Wildman–Crippen MR) is 73.1 cm³/mol. The number of ether oxygens (including phenoxy) is 1. The molecule has 1 aromatic carbocycles. The molecule has 1 aromatic rings. The molecule has 0 atom stereocenters. The van der Waals surface area contributed by atoms with Crippen LogP contribution in [0.15, 0.2) is 24.3 Å². The van der Waals surface area contributed by atoms with E-state index in [1.54, 1.807) is 29.2 Å². The Morgan fingerprint density at radius 1 is 1.47 bits per heavy atom. The van der Waals surface area contributed by atoms with Crippen LogP contribution < -0.4 is 10.6 Å². The molecule has 0 bridgehead atoms. The Bertz CT molecular complexity index is 456. The van der Waals surface area contributed by atoms with Gasteiger partial charge < -0.3 is 20.5 Å². The Morgan fingerprint density at radius 2 is 2.16 bits per heavy atom. The van der Waals surface area contributed by atoms with E-state index in [4.69, 9.17) is 10.5 Å². The molecule has 2 rings (SSSR count). The van der Waals surface area contributed by atoms with Crippen LogP contribution in [0.5, 0.6) is 5.75 Å². The van der Waals surface area contributed by atoms with Crippen molar-refractivity contribution in [3.8, 4) is 5.75 Å². The van der Waals surface area contributed by atoms with E-state index in [-0.39, 0.29) is 11.7 Å². The van der Waals surface area contributed by atoms with Gasteiger partial charge in [0.1, 0.15) is 11.3 Å². The van der Waals surface area contributed by atoms with Crippen LogP contribution in [0.2, 0.25) is 0 Å². The van der Waals surface area contributed by atoms with Gasteiger partial charge in [-0.1, -0.05) is 6.07 Å². The summed E-state index contributed by atoms with van der Waals surface area (Å²) in [5.41, 5.74) is 6.03. The molecule has 1 fully saturated rings. The smallest absolute Gasteiger partial charge is 0.247 e. The fraction of sp³-hybridized carbons (Fsp3) is 0.500. The summed E-state index contributed by atoms with van der Waals surface area (Å²) in [5, 5.41) is 9.52. The van der Waals surface area contributed by atoms with Crippen LogP contribution in [-0.2, 0) is 9.53 Å². The molecule has 0 saturated carbocycles. The summed E-state index contributed by atoms with van der Waals surface area (Å²) in [7, 11) is 0. The maximum Gasteiger partial charge on any atom is 0.247 e. The van der Waals surface area contributed by atoms with Crippen molar-refractivity contribution in [1.82, 2.24) is 0 Å². The van der Waals surface area contributed by atoms with Gasteiger partial charge in [-0.25, -0.2) is 0 Å². The Hall–Kier alpha value is -1.59. The number of rotatable bonds is 3. The first-order chi connectivity index (χ1) is 9.07. The molecule has 19 heavy (non-hydrogen) atoms. The van der Waals surface area contributed by atoms with Crippen LogP contribution in [0.25, 0.3) is 0 Å². The number of carbonyl (C=O) groups is 1. The van der Waals surface area contributed by atoms with Gasteiger partial charge in [0, 0.05) is 31.5 Å². The number of hydrogen-bond donors (Lipinski definition) is 2. The predicted octanol–water partition coefficient (Wildman–Crippen LogP) is 1.25. The lowest BCUT2D eigenvalue weighted by Crippen LogP contribution is -2.58. The zero-order chi connectivity index (χ0) is 13.9. The van der Waals surface area contributed by atoms with Crippen molar-refractivity contribution in [3.63, 3.8) is 0 Å². The summed E-state index contributed by atoms with van der Waals surface area (Å²) in [6.07, 6.45) is 1.06. The Labute approximate surface area is 113 Å². The zero-order valence-electron chi connectivity index (χ0n) is 11.1. The molecule has 5 heteroatoms. The standard InChI is InChI=1S/C14H20N2O3/c1-2-16(11-4-3-5-12(17)10-11)13(18)14(15)6-8-19-9-7-14/h3-5,10,17H,2,6-9,15H2,1H3. The van der Waals surface area contributed by atoms with Crippen molar-refractivity contribution in [3.05, 3.63) is 24.3 Å². The van der Waals surface area contributed by atoms with Crippen LogP contribution in [0.3, 0.4) is 0 Å². The molecule has 1 amide bonds. The number of phenolic OH excluding ortho intramolecular Hbond substituents is 1. The normalized spacial score (nSPS) is 18.0. The number of carbonyl (C=O) groups excluding carboxylic acids is 1. The molecular formula is C14H20N2O3. The first-order valence-corrected chi connectivity index (χ1v) is 6.54. The maximum absolute atomic E-state index is 12.6. The summed E-state index contributed by atoms with van der Waals surface area (Å²) < 4.78 is 5.26. The minimum absolute atomic E-state index is 0.107. The van der Waals surface area contributed by atoms with Crippen molar-refractivity contribution >= 4 is 11.6 Å². The highest BCUT2D eigenvalue weighted by Crippen LogP contribution is 2.26. The average Bonchev–Trinajstić information content (AvgIpc) is 2.40. The first kappa shape index (κ1) is 13.8. The van der Waals surface area contributed by atoms with Gasteiger partial charge in [-0.15, -0.1) is 0 Å². The number of anilines is 1. The lowest BCUT2D eigenvalue weighted by molar-refractivity contribution is -0.127. The molecule has 1 aliphatic rings. The average molecular weight is 264 g/mol. The number of phenols is 1. The molecule has 0 spiro atoms. The van der Waals surface area contributed by atoms with E-state index in [1.165, 1.54) is 0 Å². The monoisotopic (exact) mass is 264 g/mol. The summed E-state index contributed by atoms with van der Waals surface area (Å²) in [5.74, 6) is 0.0331. The largest absolute Gasteiger partial charge is 0.508 e. The summed E-state index contributed by atoms with van der Waals surface area (Å²) in [4.78, 5) is 14.2. The van der Waals surface area contributed by atoms with Crippen molar-refractivity contribution in [2.45, 2.75) is 25.3 Å². The molecule has 0 unspecified atom stereocenters. The summed E-state index contributed by atoms with van der Waals surface area (Å²) in [6.45, 7) is 3.44. The molecule has 104 valence electrons. The van der Waals surface area contributed by atoms with Gasteiger partial charge in [-0.05, 0) is 31.9 Å². The van der Waals surface area contributed by atoms with Gasteiger partial charge >= 0.3 is 0 Å². The number of nitrogens with zero attached hydrogens (tertiary/aromatic N) is 1. The van der Waals surface area contributed by atoms with Gasteiger partial charge in [0.05, 0.1) is 0 Å². The van der Waals surface area contributed by atoms with Crippen LogP contribution in [0.1, 0.15) is 19.8 Å². The van der Waals surface area contributed by atoms with E-state index in [0.29, 0.717) is 38.3 Å². The van der Waals surface area contributed by atoms with Crippen molar-refractivity contribution < 1.29 is 14.6 Å². The molecule has 1 aliphatic heterocycles. The molecule has 0 radical (unpaired) electrons. The lowest BCUT2D eigenvalue weighted by atomic mass is 9.89. The molecule has 1 heterocycles. The Balaban J connectivity index is 2.24. The first-order valence-electron chi connectivity index (χ1n) is 6.54. The fourth-order valence-electron chi connectivity index (χ4n) is 2.32. The van der Waals surface area contributed by atoms with Gasteiger partial charge in [0.2, 0.25) is 5.91 Å². The second kappa shape index (κ2) is 5.59. The van der Waals surface area contributed by atoms with E-state index < -0.39 is 5.54 Å². The number of hydrogen-bond acceptors (Lipinski definition) is 4. The third-order valence-corrected chi connectivity index (χ3v) is 3.51. The van der Waals surface area contributed by atoms with Gasteiger partial charge in [-0.2, -0.15) is 0 Å². The molecular weight excluding hydrogens is 244 g/mol. The minimum atomic E-state index is -0.861. The quantitative estimate of drug-likeness (QED) is 0.861. The molecule has 0 aliphatic carbocycles. The van der Waals surface area contributed by atoms with Crippen molar-refractivity contribution in [2.24, 2.45) is 5.73 Å². The summed E-state index contributed by atoms with van der Waals surface area (Å²) in [6, 6.07) is 6.66. The highest BCUT2D eigenvalue weighted by Gasteiger charge is 2.39. The topological polar surface area (TPSA) is 75.8 Å². The van der Waals surface area contributed by atoms with Crippen molar-refractivity contribution in [2.75, 3.05) is 24.7 Å². The Morgan fingerprint density at radius 3 is 2.74 bits per heavy atom. The van der Waals surface area contributed by atoms with E-state index in [1.807, 2.05) is 6.92 Å². The van der Waals surface area contributed by atoms with E-state index in [2.05, 4.69) is 0 Å². The molecule has 3 N–H and O–H groups in total. The van der Waals surface area contributed by atoms with E-state index in [9.17, 15) is 9.90 Å². The zero-order valence-corrected chi connectivity index (χ0v) is 11.1. The van der Waals surface area contributed by atoms with Crippen LogP contribution in [0.4, 0.5) is 5.69 Å². The fourth-order valence-corrected chi connectivity index (χ4v) is 2.32. The second-order valence-electron chi connectivity index (χ2n) is 4.84. The van der Waals surface area contributed by atoms with Crippen LogP contribution in [-0.4, -0.2) is 36.3 Å². The van der Waals surface area contributed by atoms with Crippen molar-refractivity contribution in [1.29, 1.82) is 0 Å². The number of amides is 1. The number of aromatic hydroxyl groups is 1. The highest BCUT2D eigenvalue weighted by atomic mass is 16.5. The lowest BCUT2D eigenvalue weighted by Gasteiger charge is -2.36. The highest BCUT2D eigenvalue weighted by molar-refractivity contribution is 6.00. The molecule has 0 aromatic heterocycles. The molecule has 1 saturated heterocycles. The number of likely N-dealkylation sites (N-methyl/N-ethyl adjacent to an activating group) is 1. The Kier molecular flexibility index (Phi) is 4.07. The SMILES string of the molecule is CCN(C(=O)C1(N)CCOCC1)c1cccc(O)c1. The van der Waals surface area contributed by atoms with Crippen LogP contribution in [0, 0.1) is 0 Å². The summed E-state index contributed by atoms with van der Waals surface area (Å²) >= 11 is 0. The van der Waals surface area contributed by atoms with Gasteiger partial charge in [-0.3, -0.25) is 4.79 Å². The minimum Gasteiger partial charge on any atom is -0.508 e. The van der Waals surface area contributed by atoms with Crippen LogP contribution >= 0.6 is 0 Å².